The van der Waals surface area contributed by atoms with Gasteiger partial charge >= 0.3 is 0 Å². The highest BCUT2D eigenvalue weighted by Gasteiger charge is 2.34. The quantitative estimate of drug-likeness (QED) is 0.861. The smallest absolute Gasteiger partial charge is 0.192 e. The maximum absolute atomic E-state index is 5.85. The van der Waals surface area contributed by atoms with Crippen LogP contribution in [-0.4, -0.2) is 26.3 Å². The van der Waals surface area contributed by atoms with E-state index in [9.17, 15) is 0 Å². The molecule has 1 aliphatic rings. The van der Waals surface area contributed by atoms with E-state index >= 15 is 0 Å². The first-order chi connectivity index (χ1) is 7.64. The van der Waals surface area contributed by atoms with E-state index in [0.717, 1.165) is 10.6 Å². The predicted molar refractivity (Wildman–Crippen MR) is 63.6 cm³/mol. The van der Waals surface area contributed by atoms with Gasteiger partial charge in [-0.1, -0.05) is 23.7 Å². The van der Waals surface area contributed by atoms with Crippen molar-refractivity contribution >= 4 is 11.6 Å². The number of hydrogen-bond acceptors (Lipinski definition) is 3. The van der Waals surface area contributed by atoms with Crippen molar-refractivity contribution in [2.75, 3.05) is 20.3 Å². The van der Waals surface area contributed by atoms with Gasteiger partial charge in [0.25, 0.3) is 0 Å². The molecule has 1 aliphatic heterocycles. The first-order valence-electron chi connectivity index (χ1n) is 5.35. The zero-order chi connectivity index (χ0) is 11.6. The minimum atomic E-state index is -0.655. The lowest BCUT2D eigenvalue weighted by Gasteiger charge is -2.37. The standard InChI is InChI=1S/C12H16ClNO2/c1-12(9-3-5-10(13)6-4-9)15-7-11(14-2)8-16-12/h3-6,11,14H,7-8H2,1-2H3. The molecule has 0 unspecified atom stereocenters. The molecule has 0 amide bonds. The summed E-state index contributed by atoms with van der Waals surface area (Å²) in [6.45, 7) is 3.23. The highest BCUT2D eigenvalue weighted by atomic mass is 35.5. The Labute approximate surface area is 101 Å². The molecule has 0 atom stereocenters. The van der Waals surface area contributed by atoms with Gasteiger partial charge in [-0.3, -0.25) is 0 Å². The zero-order valence-corrected chi connectivity index (χ0v) is 10.3. The Hall–Kier alpha value is -0.610. The lowest BCUT2D eigenvalue weighted by atomic mass is 10.1. The summed E-state index contributed by atoms with van der Waals surface area (Å²) in [7, 11) is 1.91. The lowest BCUT2D eigenvalue weighted by molar-refractivity contribution is -0.272. The minimum Gasteiger partial charge on any atom is -0.344 e. The maximum atomic E-state index is 5.85. The molecule has 1 fully saturated rings. The monoisotopic (exact) mass is 241 g/mol. The van der Waals surface area contributed by atoms with Gasteiger partial charge in [0, 0.05) is 10.6 Å². The summed E-state index contributed by atoms with van der Waals surface area (Å²) in [5.41, 5.74) is 0.992. The topological polar surface area (TPSA) is 30.5 Å². The van der Waals surface area contributed by atoms with Crippen LogP contribution in [0.3, 0.4) is 0 Å². The first-order valence-corrected chi connectivity index (χ1v) is 5.73. The summed E-state index contributed by atoms with van der Waals surface area (Å²) in [4.78, 5) is 0. The molecule has 4 heteroatoms. The van der Waals surface area contributed by atoms with E-state index in [2.05, 4.69) is 5.32 Å². The predicted octanol–water partition coefficient (Wildman–Crippen LogP) is 2.15. The van der Waals surface area contributed by atoms with Crippen LogP contribution in [0.25, 0.3) is 0 Å². The van der Waals surface area contributed by atoms with Gasteiger partial charge in [0.15, 0.2) is 5.79 Å². The third kappa shape index (κ3) is 2.38. The molecule has 1 aromatic rings. The van der Waals surface area contributed by atoms with E-state index in [1.807, 2.05) is 38.2 Å². The van der Waals surface area contributed by atoms with Gasteiger partial charge in [0.2, 0.25) is 0 Å². The molecule has 0 saturated carbocycles. The SMILES string of the molecule is CNC1COC(C)(c2ccc(Cl)cc2)OC1. The lowest BCUT2D eigenvalue weighted by Crippen LogP contribution is -2.47. The molecular weight excluding hydrogens is 226 g/mol. The van der Waals surface area contributed by atoms with E-state index < -0.39 is 5.79 Å². The second kappa shape index (κ2) is 4.72. The fraction of sp³-hybridized carbons (Fsp3) is 0.500. The zero-order valence-electron chi connectivity index (χ0n) is 9.50. The van der Waals surface area contributed by atoms with Crippen LogP contribution in [0, 0.1) is 0 Å². The molecule has 2 rings (SSSR count). The summed E-state index contributed by atoms with van der Waals surface area (Å²) in [6, 6.07) is 7.82. The van der Waals surface area contributed by atoms with E-state index in [4.69, 9.17) is 21.1 Å². The molecule has 3 nitrogen and oxygen atoms in total. The van der Waals surface area contributed by atoms with Gasteiger partial charge in [-0.15, -0.1) is 0 Å². The van der Waals surface area contributed by atoms with Crippen molar-refractivity contribution in [2.45, 2.75) is 18.8 Å². The minimum absolute atomic E-state index is 0.264. The second-order valence-corrected chi connectivity index (χ2v) is 4.50. The molecule has 88 valence electrons. The van der Waals surface area contributed by atoms with Gasteiger partial charge in [-0.2, -0.15) is 0 Å². The third-order valence-electron chi connectivity index (χ3n) is 2.90. The van der Waals surface area contributed by atoms with E-state index in [0.29, 0.717) is 13.2 Å². The summed E-state index contributed by atoms with van der Waals surface area (Å²) in [6.07, 6.45) is 0. The number of ether oxygens (including phenoxy) is 2. The number of hydrogen-bond donors (Lipinski definition) is 1. The number of halogens is 1. The average Bonchev–Trinajstić information content (AvgIpc) is 2.31. The molecule has 0 radical (unpaired) electrons. The Kier molecular flexibility index (Phi) is 3.50. The molecule has 0 bridgehead atoms. The van der Waals surface area contributed by atoms with Crippen LogP contribution < -0.4 is 5.32 Å². The van der Waals surface area contributed by atoms with Gasteiger partial charge < -0.3 is 14.8 Å². The van der Waals surface area contributed by atoms with E-state index in [-0.39, 0.29) is 6.04 Å². The van der Waals surface area contributed by atoms with Crippen molar-refractivity contribution in [3.63, 3.8) is 0 Å². The number of nitrogens with one attached hydrogen (secondary N) is 1. The molecular formula is C12H16ClNO2. The van der Waals surface area contributed by atoms with Gasteiger partial charge in [-0.25, -0.2) is 0 Å². The molecule has 16 heavy (non-hydrogen) atoms. The third-order valence-corrected chi connectivity index (χ3v) is 3.15. The molecule has 1 saturated heterocycles. The molecule has 0 aliphatic carbocycles. The number of rotatable bonds is 2. The van der Waals surface area contributed by atoms with Gasteiger partial charge in [0.1, 0.15) is 0 Å². The average molecular weight is 242 g/mol. The van der Waals surface area contributed by atoms with Crippen molar-refractivity contribution < 1.29 is 9.47 Å². The van der Waals surface area contributed by atoms with Crippen LogP contribution in [-0.2, 0) is 15.3 Å². The summed E-state index contributed by atoms with van der Waals surface area (Å²) < 4.78 is 11.5. The normalized spacial score (nSPS) is 30.3. The van der Waals surface area contributed by atoms with Crippen LogP contribution in [0.15, 0.2) is 24.3 Å². The molecule has 1 aromatic carbocycles. The van der Waals surface area contributed by atoms with Crippen LogP contribution in [0.4, 0.5) is 0 Å². The Bertz CT molecular complexity index is 345. The second-order valence-electron chi connectivity index (χ2n) is 4.06. The van der Waals surface area contributed by atoms with Crippen molar-refractivity contribution in [3.05, 3.63) is 34.9 Å². The van der Waals surface area contributed by atoms with Crippen LogP contribution in [0.2, 0.25) is 5.02 Å². The van der Waals surface area contributed by atoms with Crippen LogP contribution in [0.1, 0.15) is 12.5 Å². The summed E-state index contributed by atoms with van der Waals surface area (Å²) >= 11 is 5.85. The van der Waals surface area contributed by atoms with Gasteiger partial charge in [0.05, 0.1) is 19.3 Å². The largest absolute Gasteiger partial charge is 0.344 e. The van der Waals surface area contributed by atoms with E-state index in [1.165, 1.54) is 0 Å². The van der Waals surface area contributed by atoms with Gasteiger partial charge in [-0.05, 0) is 26.1 Å². The number of likely N-dealkylation sites (N-methyl/N-ethyl adjacent to an activating group) is 1. The molecule has 0 spiro atoms. The molecule has 1 N–H and O–H groups in total. The first kappa shape index (κ1) is 11.9. The van der Waals surface area contributed by atoms with Crippen molar-refractivity contribution in [2.24, 2.45) is 0 Å². The van der Waals surface area contributed by atoms with Crippen LogP contribution in [0.5, 0.6) is 0 Å². The Morgan fingerprint density at radius 3 is 2.31 bits per heavy atom. The molecule has 0 aromatic heterocycles. The van der Waals surface area contributed by atoms with Crippen LogP contribution >= 0.6 is 11.6 Å². The van der Waals surface area contributed by atoms with E-state index in [1.54, 1.807) is 0 Å². The fourth-order valence-electron chi connectivity index (χ4n) is 1.69. The number of benzene rings is 1. The molecule has 1 heterocycles. The summed E-state index contributed by atoms with van der Waals surface area (Å²) in [5, 5.41) is 3.85. The Morgan fingerprint density at radius 1 is 1.25 bits per heavy atom. The fourth-order valence-corrected chi connectivity index (χ4v) is 1.82. The van der Waals surface area contributed by atoms with Crippen molar-refractivity contribution in [1.82, 2.24) is 5.32 Å². The van der Waals surface area contributed by atoms with Crippen molar-refractivity contribution in [3.8, 4) is 0 Å². The highest BCUT2D eigenvalue weighted by Crippen LogP contribution is 2.30. The Morgan fingerprint density at radius 2 is 1.81 bits per heavy atom. The summed E-state index contributed by atoms with van der Waals surface area (Å²) in [5.74, 6) is -0.655. The van der Waals surface area contributed by atoms with Crippen molar-refractivity contribution in [1.29, 1.82) is 0 Å². The highest BCUT2D eigenvalue weighted by molar-refractivity contribution is 6.30. The Balaban J connectivity index is 2.11. The maximum Gasteiger partial charge on any atom is 0.192 e.